The number of carbonyl (C=O) groups is 3. The maximum Gasteiger partial charge on any atom is 0.306 e. The van der Waals surface area contributed by atoms with Crippen LogP contribution < -0.4 is 0 Å². The van der Waals surface area contributed by atoms with E-state index in [0.29, 0.717) is 19.3 Å². The third kappa shape index (κ3) is 56.9. The highest BCUT2D eigenvalue weighted by atomic mass is 16.6. The Morgan fingerprint density at radius 3 is 1.07 bits per heavy atom. The zero-order valence-electron chi connectivity index (χ0n) is 46.2. The number of allylic oxidation sites excluding steroid dienone is 18. The van der Waals surface area contributed by atoms with Crippen LogP contribution in [0.3, 0.4) is 0 Å². The molecule has 1 atom stereocenters. The number of hydrogen-bond donors (Lipinski definition) is 0. The van der Waals surface area contributed by atoms with Gasteiger partial charge in [0.25, 0.3) is 0 Å². The van der Waals surface area contributed by atoms with Crippen molar-refractivity contribution >= 4 is 17.9 Å². The Kier molecular flexibility index (Phi) is 55.4. The molecular formula is C65H108O6. The van der Waals surface area contributed by atoms with Crippen molar-refractivity contribution in [1.29, 1.82) is 0 Å². The van der Waals surface area contributed by atoms with Crippen molar-refractivity contribution < 1.29 is 28.6 Å². The van der Waals surface area contributed by atoms with Crippen LogP contribution in [0.1, 0.15) is 265 Å². The Bertz CT molecular complexity index is 1460. The number of unbranched alkanes of at least 4 members (excludes halogenated alkanes) is 25. The third-order valence-corrected chi connectivity index (χ3v) is 12.3. The molecule has 0 saturated heterocycles. The van der Waals surface area contributed by atoms with Gasteiger partial charge in [-0.05, 0) is 77.0 Å². The fourth-order valence-corrected chi connectivity index (χ4v) is 8.00. The third-order valence-electron chi connectivity index (χ3n) is 12.3. The maximum absolute atomic E-state index is 12.9. The summed E-state index contributed by atoms with van der Waals surface area (Å²) in [7, 11) is 0. The fourth-order valence-electron chi connectivity index (χ4n) is 8.00. The normalized spacial score (nSPS) is 12.9. The topological polar surface area (TPSA) is 78.9 Å². The summed E-state index contributed by atoms with van der Waals surface area (Å²) in [6.07, 6.45) is 79.5. The van der Waals surface area contributed by atoms with Crippen LogP contribution in [-0.2, 0) is 28.6 Å². The number of rotatable bonds is 52. The van der Waals surface area contributed by atoms with Crippen molar-refractivity contribution in [3.63, 3.8) is 0 Å². The molecule has 6 heteroatoms. The molecule has 0 saturated carbocycles. The number of hydrogen-bond acceptors (Lipinski definition) is 6. The Morgan fingerprint density at radius 1 is 0.310 bits per heavy atom. The van der Waals surface area contributed by atoms with Gasteiger partial charge < -0.3 is 14.2 Å². The lowest BCUT2D eigenvalue weighted by Crippen LogP contribution is -2.30. The second-order valence-corrected chi connectivity index (χ2v) is 19.2. The first-order valence-corrected chi connectivity index (χ1v) is 29.4. The predicted molar refractivity (Wildman–Crippen MR) is 307 cm³/mol. The second-order valence-electron chi connectivity index (χ2n) is 19.2. The van der Waals surface area contributed by atoms with Gasteiger partial charge in [-0.1, -0.05) is 278 Å². The summed E-state index contributed by atoms with van der Waals surface area (Å²) in [6.45, 7) is 6.34. The van der Waals surface area contributed by atoms with E-state index in [1.165, 1.54) is 128 Å². The number of carbonyl (C=O) groups excluding carboxylic acids is 3. The van der Waals surface area contributed by atoms with Gasteiger partial charge in [0, 0.05) is 19.3 Å². The molecular weight excluding hydrogens is 877 g/mol. The summed E-state index contributed by atoms with van der Waals surface area (Å²) in [6, 6.07) is 0. The highest BCUT2D eigenvalue weighted by Crippen LogP contribution is 2.16. The lowest BCUT2D eigenvalue weighted by Gasteiger charge is -2.18. The average molecular weight is 986 g/mol. The van der Waals surface area contributed by atoms with Gasteiger partial charge in [-0.15, -0.1) is 0 Å². The first kappa shape index (κ1) is 67.1. The van der Waals surface area contributed by atoms with Crippen molar-refractivity contribution in [3.8, 4) is 0 Å². The highest BCUT2D eigenvalue weighted by molar-refractivity contribution is 5.71. The van der Waals surface area contributed by atoms with Crippen LogP contribution in [0.15, 0.2) is 109 Å². The molecule has 0 fully saturated rings. The van der Waals surface area contributed by atoms with E-state index in [1.807, 2.05) is 6.08 Å². The summed E-state index contributed by atoms with van der Waals surface area (Å²) in [5.41, 5.74) is 0. The quantitative estimate of drug-likeness (QED) is 0.0199. The highest BCUT2D eigenvalue weighted by Gasteiger charge is 2.19. The SMILES string of the molecule is CC\C=C/C=C\C=C/CCCCCCCCCC(=O)OCC(COC(=O)CC/C=C\C/C=C\C/C=C\C/C=C\C/C=C\C/C=C\CC)OC(=O)CCCCCCCCCCCCCCCCCCCCC. The lowest BCUT2D eigenvalue weighted by atomic mass is 10.0. The summed E-state index contributed by atoms with van der Waals surface area (Å²) in [5, 5.41) is 0. The zero-order valence-corrected chi connectivity index (χ0v) is 46.2. The van der Waals surface area contributed by atoms with Gasteiger partial charge in [0.15, 0.2) is 6.10 Å². The van der Waals surface area contributed by atoms with Gasteiger partial charge >= 0.3 is 17.9 Å². The predicted octanol–water partition coefficient (Wildman–Crippen LogP) is 19.9. The van der Waals surface area contributed by atoms with E-state index in [2.05, 4.69) is 124 Å². The van der Waals surface area contributed by atoms with E-state index >= 15 is 0 Å². The Labute approximate surface area is 438 Å². The van der Waals surface area contributed by atoms with Gasteiger partial charge in [0.05, 0.1) is 0 Å². The van der Waals surface area contributed by atoms with E-state index in [1.54, 1.807) is 0 Å². The van der Waals surface area contributed by atoms with E-state index in [-0.39, 0.29) is 37.5 Å². The largest absolute Gasteiger partial charge is 0.462 e. The van der Waals surface area contributed by atoms with Crippen LogP contribution in [0, 0.1) is 0 Å². The molecule has 0 aliphatic carbocycles. The van der Waals surface area contributed by atoms with Crippen LogP contribution in [-0.4, -0.2) is 37.2 Å². The molecule has 0 rings (SSSR count). The molecule has 0 radical (unpaired) electrons. The maximum atomic E-state index is 12.9. The van der Waals surface area contributed by atoms with Gasteiger partial charge in [0.1, 0.15) is 13.2 Å². The van der Waals surface area contributed by atoms with E-state index in [0.717, 1.165) is 89.9 Å². The summed E-state index contributed by atoms with van der Waals surface area (Å²) >= 11 is 0. The molecule has 0 bridgehead atoms. The molecule has 0 aliphatic heterocycles. The molecule has 0 aromatic rings. The molecule has 0 N–H and O–H groups in total. The molecule has 6 nitrogen and oxygen atoms in total. The van der Waals surface area contributed by atoms with E-state index in [4.69, 9.17) is 14.2 Å². The first-order valence-electron chi connectivity index (χ1n) is 29.4. The summed E-state index contributed by atoms with van der Waals surface area (Å²) in [5.74, 6) is -1.00. The second kappa shape index (κ2) is 58.6. The average Bonchev–Trinajstić information content (AvgIpc) is 3.37. The van der Waals surface area contributed by atoms with Gasteiger partial charge in [-0.25, -0.2) is 0 Å². The molecule has 1 unspecified atom stereocenters. The Hall–Kier alpha value is -3.93. The number of esters is 3. The molecule has 0 aromatic carbocycles. The summed E-state index contributed by atoms with van der Waals surface area (Å²) in [4.78, 5) is 38.2. The molecule has 404 valence electrons. The minimum atomic E-state index is -0.814. The smallest absolute Gasteiger partial charge is 0.306 e. The van der Waals surface area contributed by atoms with Crippen LogP contribution in [0.2, 0.25) is 0 Å². The molecule has 0 aromatic heterocycles. The van der Waals surface area contributed by atoms with Gasteiger partial charge in [-0.2, -0.15) is 0 Å². The Morgan fingerprint density at radius 2 is 0.648 bits per heavy atom. The van der Waals surface area contributed by atoms with Crippen molar-refractivity contribution in [2.45, 2.75) is 271 Å². The van der Waals surface area contributed by atoms with E-state index < -0.39 is 6.10 Å². The monoisotopic (exact) mass is 985 g/mol. The molecule has 0 aliphatic rings. The van der Waals surface area contributed by atoms with Gasteiger partial charge in [0.2, 0.25) is 0 Å². The molecule has 0 heterocycles. The molecule has 0 spiro atoms. The van der Waals surface area contributed by atoms with Crippen molar-refractivity contribution in [2.75, 3.05) is 13.2 Å². The van der Waals surface area contributed by atoms with Gasteiger partial charge in [-0.3, -0.25) is 14.4 Å². The van der Waals surface area contributed by atoms with Crippen LogP contribution >= 0.6 is 0 Å². The lowest BCUT2D eigenvalue weighted by molar-refractivity contribution is -0.166. The van der Waals surface area contributed by atoms with Crippen molar-refractivity contribution in [3.05, 3.63) is 109 Å². The fraction of sp³-hybridized carbons (Fsp3) is 0.677. The van der Waals surface area contributed by atoms with Crippen LogP contribution in [0.25, 0.3) is 0 Å². The molecule has 71 heavy (non-hydrogen) atoms. The van der Waals surface area contributed by atoms with Crippen molar-refractivity contribution in [1.82, 2.24) is 0 Å². The first-order chi connectivity index (χ1) is 35.0. The summed E-state index contributed by atoms with van der Waals surface area (Å²) < 4.78 is 16.8. The number of ether oxygens (including phenoxy) is 3. The van der Waals surface area contributed by atoms with Crippen LogP contribution in [0.5, 0.6) is 0 Å². The Balaban J connectivity index is 4.49. The zero-order chi connectivity index (χ0) is 51.4. The molecule has 0 amide bonds. The van der Waals surface area contributed by atoms with Crippen LogP contribution in [0.4, 0.5) is 0 Å². The minimum Gasteiger partial charge on any atom is -0.462 e. The minimum absolute atomic E-state index is 0.107. The standard InChI is InChI=1S/C65H108O6/c1-4-7-10-13-16-19-22-25-28-30-32-34-37-40-43-46-49-52-55-58-64(67)70-61-62(60-69-63(66)57-54-51-48-45-42-39-36-27-24-21-18-15-12-9-6-3)71-65(68)59-56-53-50-47-44-41-38-35-33-31-29-26-23-20-17-14-11-8-5-2/h7,9-10,12,15-16,18-19,21,24-25,28,32,34,40,43,49,52,62H,4-6,8,11,13-14,17,20,22-23,26-27,29-31,33,35-39,41-42,44-48,50-51,53-61H2,1-3H3/b10-7-,12-9-,18-15-,19-16-,24-21-,28-25-,34-32-,43-40-,52-49-. The van der Waals surface area contributed by atoms with E-state index in [9.17, 15) is 14.4 Å². The van der Waals surface area contributed by atoms with Crippen molar-refractivity contribution in [2.24, 2.45) is 0 Å².